The van der Waals surface area contributed by atoms with Gasteiger partial charge in [-0.1, -0.05) is 13.0 Å². The van der Waals surface area contributed by atoms with Gasteiger partial charge in [-0.2, -0.15) is 0 Å². The number of carbonyl (C=O) groups excluding carboxylic acids is 1. The van der Waals surface area contributed by atoms with E-state index in [2.05, 4.69) is 5.32 Å². The van der Waals surface area contributed by atoms with Crippen molar-refractivity contribution in [1.29, 1.82) is 0 Å². The fourth-order valence-electron chi connectivity index (χ4n) is 1.80. The molecule has 0 aliphatic rings. The van der Waals surface area contributed by atoms with E-state index in [1.54, 1.807) is 25.1 Å². The molecule has 1 unspecified atom stereocenters. The number of hydrogen-bond donors (Lipinski definition) is 2. The van der Waals surface area contributed by atoms with Crippen LogP contribution < -0.4 is 14.8 Å². The first-order chi connectivity index (χ1) is 10.2. The molecule has 0 saturated carbocycles. The topological polar surface area (TPSA) is 77.0 Å². The summed E-state index contributed by atoms with van der Waals surface area (Å²) in [6, 6.07) is 4.61. The molecule has 0 heterocycles. The summed E-state index contributed by atoms with van der Waals surface area (Å²) in [5, 5.41) is 12.1. The predicted molar refractivity (Wildman–Crippen MR) is 78.5 cm³/mol. The molecule has 0 radical (unpaired) electrons. The molecule has 0 aliphatic carbocycles. The van der Waals surface area contributed by atoms with Crippen LogP contribution in [0.25, 0.3) is 0 Å². The Morgan fingerprint density at radius 3 is 2.67 bits per heavy atom. The average molecular weight is 297 g/mol. The summed E-state index contributed by atoms with van der Waals surface area (Å²) in [4.78, 5) is 11.8. The van der Waals surface area contributed by atoms with Crippen LogP contribution in [0.3, 0.4) is 0 Å². The standard InChI is InChI=1S/C15H23NO5/c1-4-16-12(15(18)20-5-2)10-21-13-7-6-11(9-17)8-14(13)19-3/h6-8,12,16-17H,4-5,9-10H2,1-3H3. The summed E-state index contributed by atoms with van der Waals surface area (Å²) < 4.78 is 15.8. The third-order valence-electron chi connectivity index (χ3n) is 2.84. The molecule has 1 atom stereocenters. The van der Waals surface area contributed by atoms with Gasteiger partial charge in [-0.25, -0.2) is 0 Å². The minimum absolute atomic E-state index is 0.0700. The predicted octanol–water partition coefficient (Wildman–Crippen LogP) is 1.11. The SMILES string of the molecule is CCNC(COc1ccc(CO)cc1OC)C(=O)OCC. The summed E-state index contributed by atoms with van der Waals surface area (Å²) in [6.07, 6.45) is 0. The Kier molecular flexibility index (Phi) is 7.56. The molecule has 0 aliphatic heterocycles. The fourth-order valence-corrected chi connectivity index (χ4v) is 1.80. The molecule has 21 heavy (non-hydrogen) atoms. The summed E-state index contributed by atoms with van der Waals surface area (Å²) >= 11 is 0. The number of aliphatic hydroxyl groups excluding tert-OH is 1. The van der Waals surface area contributed by atoms with E-state index in [1.165, 1.54) is 7.11 Å². The first kappa shape index (κ1) is 17.3. The van der Waals surface area contributed by atoms with Crippen molar-refractivity contribution in [2.45, 2.75) is 26.5 Å². The Balaban J connectivity index is 2.72. The zero-order chi connectivity index (χ0) is 15.7. The molecule has 118 valence electrons. The number of aliphatic hydroxyl groups is 1. The second kappa shape index (κ2) is 9.20. The number of hydrogen-bond acceptors (Lipinski definition) is 6. The van der Waals surface area contributed by atoms with Crippen LogP contribution in [0, 0.1) is 0 Å². The van der Waals surface area contributed by atoms with Crippen LogP contribution in [0.2, 0.25) is 0 Å². The lowest BCUT2D eigenvalue weighted by molar-refractivity contribution is -0.146. The Hall–Kier alpha value is -1.79. The molecule has 1 aromatic carbocycles. The van der Waals surface area contributed by atoms with Gasteiger partial charge in [0.05, 0.1) is 20.3 Å². The quantitative estimate of drug-likeness (QED) is 0.665. The summed E-state index contributed by atoms with van der Waals surface area (Å²) in [7, 11) is 1.52. The maximum Gasteiger partial charge on any atom is 0.326 e. The van der Waals surface area contributed by atoms with E-state index in [-0.39, 0.29) is 19.2 Å². The van der Waals surface area contributed by atoms with E-state index in [4.69, 9.17) is 19.3 Å². The third kappa shape index (κ3) is 5.24. The van der Waals surface area contributed by atoms with E-state index >= 15 is 0 Å². The van der Waals surface area contributed by atoms with Gasteiger partial charge in [0.1, 0.15) is 12.6 Å². The largest absolute Gasteiger partial charge is 0.493 e. The van der Waals surface area contributed by atoms with Crippen molar-refractivity contribution in [3.8, 4) is 11.5 Å². The molecule has 1 rings (SSSR count). The van der Waals surface area contributed by atoms with Crippen LogP contribution in [0.15, 0.2) is 18.2 Å². The summed E-state index contributed by atoms with van der Waals surface area (Å²) in [5.41, 5.74) is 0.729. The van der Waals surface area contributed by atoms with Crippen LogP contribution in [0.5, 0.6) is 11.5 Å². The molecule has 0 aromatic heterocycles. The summed E-state index contributed by atoms with van der Waals surface area (Å²) in [5.74, 6) is 0.688. The van der Waals surface area contributed by atoms with E-state index in [0.717, 1.165) is 5.56 Å². The summed E-state index contributed by atoms with van der Waals surface area (Å²) in [6.45, 7) is 4.70. The maximum atomic E-state index is 11.8. The fraction of sp³-hybridized carbons (Fsp3) is 0.533. The molecule has 0 fully saturated rings. The Bertz CT molecular complexity index is 450. The maximum absolute atomic E-state index is 11.8. The number of benzene rings is 1. The van der Waals surface area contributed by atoms with Crippen molar-refractivity contribution in [2.24, 2.45) is 0 Å². The van der Waals surface area contributed by atoms with Gasteiger partial charge in [0.25, 0.3) is 0 Å². The lowest BCUT2D eigenvalue weighted by Gasteiger charge is -2.18. The van der Waals surface area contributed by atoms with Gasteiger partial charge in [-0.3, -0.25) is 4.79 Å². The number of ether oxygens (including phenoxy) is 3. The van der Waals surface area contributed by atoms with Crippen LogP contribution in [-0.2, 0) is 16.1 Å². The molecular weight excluding hydrogens is 274 g/mol. The second-order valence-electron chi connectivity index (χ2n) is 4.32. The normalized spacial score (nSPS) is 11.8. The molecule has 6 heteroatoms. The van der Waals surface area contributed by atoms with Crippen LogP contribution in [0.4, 0.5) is 0 Å². The van der Waals surface area contributed by atoms with Gasteiger partial charge >= 0.3 is 5.97 Å². The zero-order valence-corrected chi connectivity index (χ0v) is 12.7. The van der Waals surface area contributed by atoms with E-state index in [0.29, 0.717) is 24.7 Å². The molecular formula is C15H23NO5. The van der Waals surface area contributed by atoms with Crippen LogP contribution >= 0.6 is 0 Å². The Labute approximate surface area is 125 Å². The van der Waals surface area contributed by atoms with Gasteiger partial charge in [0.15, 0.2) is 11.5 Å². The van der Waals surface area contributed by atoms with Crippen molar-refractivity contribution in [1.82, 2.24) is 5.32 Å². The lowest BCUT2D eigenvalue weighted by atomic mass is 10.2. The minimum atomic E-state index is -0.530. The number of nitrogens with one attached hydrogen (secondary N) is 1. The first-order valence-electron chi connectivity index (χ1n) is 6.96. The number of rotatable bonds is 9. The molecule has 0 spiro atoms. The van der Waals surface area contributed by atoms with Crippen molar-refractivity contribution in [3.63, 3.8) is 0 Å². The van der Waals surface area contributed by atoms with Crippen molar-refractivity contribution >= 4 is 5.97 Å². The second-order valence-corrected chi connectivity index (χ2v) is 4.32. The third-order valence-corrected chi connectivity index (χ3v) is 2.84. The van der Waals surface area contributed by atoms with Crippen molar-refractivity contribution < 1.29 is 24.1 Å². The number of esters is 1. The van der Waals surface area contributed by atoms with Crippen molar-refractivity contribution in [3.05, 3.63) is 23.8 Å². The van der Waals surface area contributed by atoms with Gasteiger partial charge in [-0.15, -0.1) is 0 Å². The van der Waals surface area contributed by atoms with Gasteiger partial charge in [-0.05, 0) is 31.2 Å². The number of methoxy groups -OCH3 is 1. The molecule has 0 saturated heterocycles. The van der Waals surface area contributed by atoms with E-state index in [1.807, 2.05) is 6.92 Å². The lowest BCUT2D eigenvalue weighted by Crippen LogP contribution is -2.42. The molecule has 0 bridgehead atoms. The van der Waals surface area contributed by atoms with Gasteiger partial charge in [0, 0.05) is 0 Å². The Morgan fingerprint density at radius 2 is 2.10 bits per heavy atom. The molecule has 6 nitrogen and oxygen atoms in total. The van der Waals surface area contributed by atoms with Gasteiger partial charge < -0.3 is 24.6 Å². The first-order valence-corrected chi connectivity index (χ1v) is 6.96. The zero-order valence-electron chi connectivity index (χ0n) is 12.7. The minimum Gasteiger partial charge on any atom is -0.493 e. The number of carbonyl (C=O) groups is 1. The average Bonchev–Trinajstić information content (AvgIpc) is 2.51. The van der Waals surface area contributed by atoms with E-state index < -0.39 is 6.04 Å². The molecule has 0 amide bonds. The Morgan fingerprint density at radius 1 is 1.33 bits per heavy atom. The highest BCUT2D eigenvalue weighted by Crippen LogP contribution is 2.28. The van der Waals surface area contributed by atoms with Crippen molar-refractivity contribution in [2.75, 3.05) is 26.9 Å². The smallest absolute Gasteiger partial charge is 0.326 e. The monoisotopic (exact) mass is 297 g/mol. The van der Waals surface area contributed by atoms with E-state index in [9.17, 15) is 4.79 Å². The van der Waals surface area contributed by atoms with Crippen LogP contribution in [-0.4, -0.2) is 44.0 Å². The van der Waals surface area contributed by atoms with Gasteiger partial charge in [0.2, 0.25) is 0 Å². The molecule has 2 N–H and O–H groups in total. The van der Waals surface area contributed by atoms with Crippen LogP contribution in [0.1, 0.15) is 19.4 Å². The highest BCUT2D eigenvalue weighted by molar-refractivity contribution is 5.76. The molecule has 1 aromatic rings. The number of likely N-dealkylation sites (N-methyl/N-ethyl adjacent to an activating group) is 1. The highest BCUT2D eigenvalue weighted by atomic mass is 16.5. The highest BCUT2D eigenvalue weighted by Gasteiger charge is 2.20.